The number of carbonyl (C=O) groups is 2. The second kappa shape index (κ2) is 5.96. The molecule has 1 unspecified atom stereocenters. The summed E-state index contributed by atoms with van der Waals surface area (Å²) in [6, 6.07) is 11.8. The third-order valence-corrected chi connectivity index (χ3v) is 2.80. The third kappa shape index (κ3) is 3.30. The lowest BCUT2D eigenvalue weighted by atomic mass is 10.1. The van der Waals surface area contributed by atoms with Crippen LogP contribution < -0.4 is 5.73 Å². The van der Waals surface area contributed by atoms with Crippen molar-refractivity contribution in [2.45, 2.75) is 6.10 Å². The molecule has 1 atom stereocenters. The first-order chi connectivity index (χ1) is 9.99. The highest BCUT2D eigenvalue weighted by Gasteiger charge is 2.23. The third-order valence-electron chi connectivity index (χ3n) is 2.80. The number of phenolic OH excluding ortho intramolecular Hbond substituents is 2. The van der Waals surface area contributed by atoms with Crippen LogP contribution in [0.5, 0.6) is 11.5 Å². The number of phenols is 2. The SMILES string of the molecule is NC(=O)C(OC(=O)c1ccc(O)c(O)c1)c1ccccc1. The molecule has 1 amide bonds. The summed E-state index contributed by atoms with van der Waals surface area (Å²) in [7, 11) is 0. The van der Waals surface area contributed by atoms with Gasteiger partial charge in [0, 0.05) is 5.56 Å². The van der Waals surface area contributed by atoms with E-state index in [1.807, 2.05) is 0 Å². The molecule has 6 heteroatoms. The Balaban J connectivity index is 2.23. The lowest BCUT2D eigenvalue weighted by Crippen LogP contribution is -2.26. The second-order valence-corrected chi connectivity index (χ2v) is 4.30. The molecule has 108 valence electrons. The predicted octanol–water partition coefficient (Wildman–Crippen LogP) is 1.48. The van der Waals surface area contributed by atoms with Crippen LogP contribution in [0, 0.1) is 0 Å². The van der Waals surface area contributed by atoms with E-state index >= 15 is 0 Å². The number of carbonyl (C=O) groups excluding carboxylic acids is 2. The first-order valence-corrected chi connectivity index (χ1v) is 6.06. The van der Waals surface area contributed by atoms with E-state index in [1.54, 1.807) is 30.3 Å². The van der Waals surface area contributed by atoms with Crippen molar-refractivity contribution in [1.29, 1.82) is 0 Å². The number of benzene rings is 2. The molecule has 0 fully saturated rings. The Morgan fingerprint density at radius 1 is 1.00 bits per heavy atom. The summed E-state index contributed by atoms with van der Waals surface area (Å²) in [6.45, 7) is 0. The highest BCUT2D eigenvalue weighted by molar-refractivity contribution is 5.93. The van der Waals surface area contributed by atoms with Crippen molar-refractivity contribution in [1.82, 2.24) is 0 Å². The molecule has 0 heterocycles. The lowest BCUT2D eigenvalue weighted by molar-refractivity contribution is -0.127. The topological polar surface area (TPSA) is 110 Å². The normalized spacial score (nSPS) is 11.6. The van der Waals surface area contributed by atoms with Crippen LogP contribution in [0.2, 0.25) is 0 Å². The van der Waals surface area contributed by atoms with Crippen LogP contribution in [0.1, 0.15) is 22.0 Å². The first kappa shape index (κ1) is 14.4. The molecule has 0 aliphatic heterocycles. The number of primary amides is 1. The fraction of sp³-hybridized carbons (Fsp3) is 0.0667. The maximum atomic E-state index is 12.0. The standard InChI is InChI=1S/C15H13NO5/c16-14(19)13(9-4-2-1-3-5-9)21-15(20)10-6-7-11(17)12(18)8-10/h1-8,13,17-18H,(H2,16,19). The zero-order valence-corrected chi connectivity index (χ0v) is 10.9. The van der Waals surface area contributed by atoms with Crippen molar-refractivity contribution in [3.63, 3.8) is 0 Å². The zero-order chi connectivity index (χ0) is 15.4. The van der Waals surface area contributed by atoms with Crippen molar-refractivity contribution < 1.29 is 24.5 Å². The summed E-state index contributed by atoms with van der Waals surface area (Å²) in [5.41, 5.74) is 5.68. The van der Waals surface area contributed by atoms with Gasteiger partial charge in [0.1, 0.15) is 0 Å². The van der Waals surface area contributed by atoms with Gasteiger partial charge in [0.25, 0.3) is 5.91 Å². The number of hydrogen-bond donors (Lipinski definition) is 3. The van der Waals surface area contributed by atoms with Gasteiger partial charge in [-0.05, 0) is 18.2 Å². The summed E-state index contributed by atoms with van der Waals surface area (Å²) < 4.78 is 5.07. The molecule has 2 aromatic carbocycles. The van der Waals surface area contributed by atoms with Crippen LogP contribution in [0.25, 0.3) is 0 Å². The fourth-order valence-electron chi connectivity index (χ4n) is 1.74. The van der Waals surface area contributed by atoms with Gasteiger partial charge in [-0.15, -0.1) is 0 Å². The van der Waals surface area contributed by atoms with Crippen LogP contribution in [0.4, 0.5) is 0 Å². The molecule has 0 aliphatic carbocycles. The molecule has 0 saturated heterocycles. The van der Waals surface area contributed by atoms with E-state index in [0.717, 1.165) is 12.1 Å². The van der Waals surface area contributed by atoms with Crippen LogP contribution in [-0.4, -0.2) is 22.1 Å². The second-order valence-electron chi connectivity index (χ2n) is 4.30. The van der Waals surface area contributed by atoms with E-state index in [9.17, 15) is 19.8 Å². The van der Waals surface area contributed by atoms with Crippen molar-refractivity contribution in [2.75, 3.05) is 0 Å². The number of rotatable bonds is 4. The summed E-state index contributed by atoms with van der Waals surface area (Å²) in [4.78, 5) is 23.4. The van der Waals surface area contributed by atoms with Gasteiger partial charge in [-0.2, -0.15) is 0 Å². The molecule has 0 saturated carbocycles. The Bertz CT molecular complexity index is 669. The summed E-state index contributed by atoms with van der Waals surface area (Å²) in [5, 5.41) is 18.6. The molecule has 0 spiro atoms. The predicted molar refractivity (Wildman–Crippen MR) is 73.6 cm³/mol. The monoisotopic (exact) mass is 287 g/mol. The van der Waals surface area contributed by atoms with Crippen molar-refractivity contribution in [3.05, 3.63) is 59.7 Å². The molecule has 4 N–H and O–H groups in total. The molecule has 0 aromatic heterocycles. The molecular weight excluding hydrogens is 274 g/mol. The number of aromatic hydroxyl groups is 2. The molecule has 2 aromatic rings. The van der Waals surface area contributed by atoms with Crippen molar-refractivity contribution in [3.8, 4) is 11.5 Å². The average Bonchev–Trinajstić information content (AvgIpc) is 2.48. The Morgan fingerprint density at radius 3 is 2.24 bits per heavy atom. The number of nitrogens with two attached hydrogens (primary N) is 1. The quantitative estimate of drug-likeness (QED) is 0.583. The van der Waals surface area contributed by atoms with Crippen LogP contribution in [0.3, 0.4) is 0 Å². The Kier molecular flexibility index (Phi) is 4.08. The van der Waals surface area contributed by atoms with Gasteiger partial charge < -0.3 is 20.7 Å². The number of ether oxygens (including phenoxy) is 1. The molecule has 0 bridgehead atoms. The van der Waals surface area contributed by atoms with E-state index in [2.05, 4.69) is 0 Å². The van der Waals surface area contributed by atoms with Crippen LogP contribution >= 0.6 is 0 Å². The van der Waals surface area contributed by atoms with Crippen LogP contribution in [0.15, 0.2) is 48.5 Å². The Morgan fingerprint density at radius 2 is 1.67 bits per heavy atom. The van der Waals surface area contributed by atoms with E-state index in [4.69, 9.17) is 10.5 Å². The lowest BCUT2D eigenvalue weighted by Gasteiger charge is -2.15. The van der Waals surface area contributed by atoms with E-state index in [0.29, 0.717) is 5.56 Å². The maximum absolute atomic E-state index is 12.0. The molecule has 2 rings (SSSR count). The minimum Gasteiger partial charge on any atom is -0.504 e. The van der Waals surface area contributed by atoms with Gasteiger partial charge in [-0.3, -0.25) is 4.79 Å². The minimum absolute atomic E-state index is 0.00696. The summed E-state index contributed by atoms with van der Waals surface area (Å²) >= 11 is 0. The highest BCUT2D eigenvalue weighted by atomic mass is 16.5. The van der Waals surface area contributed by atoms with Gasteiger partial charge >= 0.3 is 5.97 Å². The number of hydrogen-bond acceptors (Lipinski definition) is 5. The van der Waals surface area contributed by atoms with E-state index in [1.165, 1.54) is 6.07 Å². The Hall–Kier alpha value is -3.02. The molecule has 21 heavy (non-hydrogen) atoms. The van der Waals surface area contributed by atoms with Gasteiger partial charge in [-0.25, -0.2) is 4.79 Å². The Labute approximate surface area is 120 Å². The number of esters is 1. The molecule has 0 radical (unpaired) electrons. The highest BCUT2D eigenvalue weighted by Crippen LogP contribution is 2.26. The van der Waals surface area contributed by atoms with Crippen LogP contribution in [-0.2, 0) is 9.53 Å². The smallest absolute Gasteiger partial charge is 0.339 e. The van der Waals surface area contributed by atoms with E-state index in [-0.39, 0.29) is 11.3 Å². The first-order valence-electron chi connectivity index (χ1n) is 6.06. The minimum atomic E-state index is -1.23. The van der Waals surface area contributed by atoms with Gasteiger partial charge in [-0.1, -0.05) is 30.3 Å². The van der Waals surface area contributed by atoms with Gasteiger partial charge in [0.15, 0.2) is 11.5 Å². The van der Waals surface area contributed by atoms with Crippen molar-refractivity contribution >= 4 is 11.9 Å². The molecule has 6 nitrogen and oxygen atoms in total. The number of amides is 1. The van der Waals surface area contributed by atoms with Crippen molar-refractivity contribution in [2.24, 2.45) is 5.73 Å². The summed E-state index contributed by atoms with van der Waals surface area (Å²) in [6.07, 6.45) is -1.23. The molecular formula is C15H13NO5. The van der Waals surface area contributed by atoms with Gasteiger partial charge in [0.05, 0.1) is 5.56 Å². The average molecular weight is 287 g/mol. The molecule has 0 aliphatic rings. The van der Waals surface area contributed by atoms with E-state index < -0.39 is 23.7 Å². The largest absolute Gasteiger partial charge is 0.504 e. The summed E-state index contributed by atoms with van der Waals surface area (Å²) in [5.74, 6) is -2.46. The fourth-order valence-corrected chi connectivity index (χ4v) is 1.74. The zero-order valence-electron chi connectivity index (χ0n) is 10.9. The van der Waals surface area contributed by atoms with Gasteiger partial charge in [0.2, 0.25) is 6.10 Å². The maximum Gasteiger partial charge on any atom is 0.339 e.